The van der Waals surface area contributed by atoms with Crippen LogP contribution >= 0.6 is 11.6 Å². The molecule has 0 spiro atoms. The molecule has 0 amide bonds. The van der Waals surface area contributed by atoms with Gasteiger partial charge >= 0.3 is 0 Å². The molecule has 0 unspecified atom stereocenters. The number of nitrogens with two attached hydrogens (primary N) is 1. The van der Waals surface area contributed by atoms with E-state index in [0.717, 1.165) is 11.1 Å². The number of carbonyl (C=O) groups is 1. The van der Waals surface area contributed by atoms with E-state index in [9.17, 15) is 18.3 Å². The largest absolute Gasteiger partial charge is 0.545 e. The number of aromatic carboxylic acids is 1. The molecule has 0 saturated carbocycles. The Morgan fingerprint density at radius 3 is 2.26 bits per heavy atom. The van der Waals surface area contributed by atoms with Crippen molar-refractivity contribution in [3.05, 3.63) is 94.3 Å². The van der Waals surface area contributed by atoms with Gasteiger partial charge in [0.25, 0.3) is 10.0 Å². The SMILES string of the molecule is C1C[NH2+]CCN1.CC(C)c1ccc(S(=O)(=O)n2c(Cc3ccc(C(=O)[O-])cc3)cc3cc(Cl)cnc32)cc1. The number of hydrogen-bond donors (Lipinski definition) is 2. The number of piperazine rings is 1. The van der Waals surface area contributed by atoms with Crippen molar-refractivity contribution in [2.24, 2.45) is 0 Å². The van der Waals surface area contributed by atoms with Crippen LogP contribution in [0.4, 0.5) is 0 Å². The molecule has 8 nitrogen and oxygen atoms in total. The number of nitrogens with one attached hydrogen (secondary N) is 1. The maximum absolute atomic E-state index is 13.6. The van der Waals surface area contributed by atoms with Crippen LogP contribution in [0.2, 0.25) is 5.02 Å². The average Bonchev–Trinajstić information content (AvgIpc) is 3.28. The Morgan fingerprint density at radius 1 is 1.08 bits per heavy atom. The first kappa shape index (κ1) is 27.8. The molecule has 4 aromatic rings. The van der Waals surface area contributed by atoms with Crippen LogP contribution in [-0.2, 0) is 16.4 Å². The van der Waals surface area contributed by atoms with E-state index in [1.807, 2.05) is 26.0 Å². The molecule has 1 aliphatic heterocycles. The molecule has 5 rings (SSSR count). The van der Waals surface area contributed by atoms with Gasteiger partial charge in [-0.25, -0.2) is 17.4 Å². The van der Waals surface area contributed by atoms with Crippen molar-refractivity contribution in [2.75, 3.05) is 26.2 Å². The van der Waals surface area contributed by atoms with E-state index in [0.29, 0.717) is 16.1 Å². The first-order valence-corrected chi connectivity index (χ1v) is 14.3. The minimum atomic E-state index is -3.94. The first-order valence-electron chi connectivity index (χ1n) is 12.5. The number of aromatic nitrogens is 2. The molecule has 3 N–H and O–H groups in total. The molecular formula is C28H31ClN4O4S. The Bertz CT molecular complexity index is 1500. The van der Waals surface area contributed by atoms with Crippen LogP contribution in [0, 0.1) is 0 Å². The van der Waals surface area contributed by atoms with Gasteiger partial charge < -0.3 is 20.5 Å². The Kier molecular flexibility index (Phi) is 8.83. The first-order chi connectivity index (χ1) is 18.2. The summed E-state index contributed by atoms with van der Waals surface area (Å²) in [4.78, 5) is 15.5. The highest BCUT2D eigenvalue weighted by Crippen LogP contribution is 2.28. The lowest BCUT2D eigenvalue weighted by molar-refractivity contribution is -0.657. The number of pyridine rings is 1. The lowest BCUT2D eigenvalue weighted by atomic mass is 10.0. The van der Waals surface area contributed by atoms with Crippen LogP contribution in [0.15, 0.2) is 71.8 Å². The number of halogens is 1. The summed E-state index contributed by atoms with van der Waals surface area (Å²) in [5.74, 6) is -0.987. The maximum atomic E-state index is 13.6. The topological polar surface area (TPSA) is 121 Å². The molecule has 2 aromatic carbocycles. The van der Waals surface area contributed by atoms with Crippen molar-refractivity contribution < 1.29 is 23.6 Å². The summed E-state index contributed by atoms with van der Waals surface area (Å²) >= 11 is 6.08. The fraction of sp³-hybridized carbons (Fsp3) is 0.286. The van der Waals surface area contributed by atoms with Crippen LogP contribution in [0.1, 0.15) is 46.9 Å². The van der Waals surface area contributed by atoms with Crippen LogP contribution in [0.5, 0.6) is 0 Å². The quantitative estimate of drug-likeness (QED) is 0.377. The zero-order chi connectivity index (χ0) is 27.3. The van der Waals surface area contributed by atoms with Crippen molar-refractivity contribution >= 4 is 38.6 Å². The number of hydrogen-bond acceptors (Lipinski definition) is 6. The summed E-state index contributed by atoms with van der Waals surface area (Å²) in [5.41, 5.74) is 2.61. The molecular weight excluding hydrogens is 524 g/mol. The van der Waals surface area contributed by atoms with Gasteiger partial charge in [-0.3, -0.25) is 0 Å². The Balaban J connectivity index is 0.000000494. The van der Waals surface area contributed by atoms with E-state index in [1.54, 1.807) is 36.4 Å². The van der Waals surface area contributed by atoms with Gasteiger partial charge in [-0.1, -0.05) is 61.8 Å². The number of rotatable bonds is 6. The van der Waals surface area contributed by atoms with Crippen molar-refractivity contribution in [3.8, 4) is 0 Å². The molecule has 0 radical (unpaired) electrons. The summed E-state index contributed by atoms with van der Waals surface area (Å²) in [6, 6.07) is 16.4. The predicted octanol–water partition coefficient (Wildman–Crippen LogP) is 2.16. The van der Waals surface area contributed by atoms with E-state index in [1.165, 1.54) is 48.5 Å². The summed E-state index contributed by atoms with van der Waals surface area (Å²) < 4.78 is 28.5. The third kappa shape index (κ3) is 6.42. The standard InChI is InChI=1S/C24H21ClN2O4S.C4H10N2/c1-15(2)17-7-9-22(10-8-17)32(30,31)27-21(13-19-12-20(25)14-26-23(19)27)11-16-3-5-18(6-4-16)24(28)29;1-2-6-4-3-5-1/h3-10,12-15H,11H2,1-2H3,(H,28,29);5-6H,1-4H2. The van der Waals surface area contributed by atoms with Crippen molar-refractivity contribution in [3.63, 3.8) is 0 Å². The van der Waals surface area contributed by atoms with E-state index in [-0.39, 0.29) is 28.4 Å². The van der Waals surface area contributed by atoms with E-state index in [4.69, 9.17) is 11.6 Å². The summed E-state index contributed by atoms with van der Waals surface area (Å²) in [6.07, 6.45) is 1.67. The third-order valence-corrected chi connectivity index (χ3v) is 8.31. The zero-order valence-corrected chi connectivity index (χ0v) is 22.9. The van der Waals surface area contributed by atoms with Gasteiger partial charge in [0, 0.05) is 36.8 Å². The summed E-state index contributed by atoms with van der Waals surface area (Å²) in [7, 11) is -3.94. The monoisotopic (exact) mass is 554 g/mol. The lowest BCUT2D eigenvalue weighted by Crippen LogP contribution is -2.89. The van der Waals surface area contributed by atoms with Crippen molar-refractivity contribution in [1.82, 2.24) is 14.3 Å². The molecule has 200 valence electrons. The van der Waals surface area contributed by atoms with Crippen LogP contribution in [0.25, 0.3) is 11.0 Å². The van der Waals surface area contributed by atoms with E-state index in [2.05, 4.69) is 15.6 Å². The number of quaternary nitrogens is 1. The smallest absolute Gasteiger partial charge is 0.269 e. The minimum Gasteiger partial charge on any atom is -0.545 e. The van der Waals surface area contributed by atoms with Crippen LogP contribution in [-0.4, -0.2) is 49.5 Å². The van der Waals surface area contributed by atoms with Gasteiger partial charge in [-0.2, -0.15) is 0 Å². The van der Waals surface area contributed by atoms with Gasteiger partial charge in [-0.05, 0) is 46.9 Å². The molecule has 10 heteroatoms. The second-order valence-electron chi connectivity index (χ2n) is 9.47. The second kappa shape index (κ2) is 12.1. The Labute approximate surface area is 227 Å². The second-order valence-corrected chi connectivity index (χ2v) is 11.7. The van der Waals surface area contributed by atoms with Gasteiger partial charge in [0.2, 0.25) is 0 Å². The molecule has 1 saturated heterocycles. The highest BCUT2D eigenvalue weighted by atomic mass is 35.5. The number of carboxylic acid groups (broad SMARTS) is 1. The van der Waals surface area contributed by atoms with Gasteiger partial charge in [0.15, 0.2) is 5.65 Å². The molecule has 1 fully saturated rings. The molecule has 0 aliphatic carbocycles. The number of fused-ring (bicyclic) bond motifs is 1. The molecule has 3 heterocycles. The summed E-state index contributed by atoms with van der Waals surface area (Å²) in [5, 5.41) is 17.6. The normalized spacial score (nSPS) is 13.8. The predicted molar refractivity (Wildman–Crippen MR) is 146 cm³/mol. The van der Waals surface area contributed by atoms with Crippen molar-refractivity contribution in [2.45, 2.75) is 31.1 Å². The number of carboxylic acids is 1. The minimum absolute atomic E-state index is 0.0561. The fourth-order valence-corrected chi connectivity index (χ4v) is 5.93. The van der Waals surface area contributed by atoms with Crippen molar-refractivity contribution in [1.29, 1.82) is 0 Å². The zero-order valence-electron chi connectivity index (χ0n) is 21.4. The highest BCUT2D eigenvalue weighted by molar-refractivity contribution is 7.90. The highest BCUT2D eigenvalue weighted by Gasteiger charge is 2.24. The number of carbonyl (C=O) groups excluding carboxylic acids is 1. The Morgan fingerprint density at radius 2 is 1.74 bits per heavy atom. The molecule has 0 atom stereocenters. The molecule has 2 aromatic heterocycles. The molecule has 0 bridgehead atoms. The van der Waals surface area contributed by atoms with E-state index >= 15 is 0 Å². The van der Waals surface area contributed by atoms with Crippen LogP contribution in [0.3, 0.4) is 0 Å². The van der Waals surface area contributed by atoms with Crippen LogP contribution < -0.4 is 15.7 Å². The van der Waals surface area contributed by atoms with Gasteiger partial charge in [0.1, 0.15) is 0 Å². The Hall–Kier alpha value is -3.24. The molecule has 38 heavy (non-hydrogen) atoms. The fourth-order valence-electron chi connectivity index (χ4n) is 4.26. The number of nitrogens with zero attached hydrogens (tertiary/aromatic N) is 2. The maximum Gasteiger partial charge on any atom is 0.269 e. The van der Waals surface area contributed by atoms with E-state index < -0.39 is 16.0 Å². The third-order valence-electron chi connectivity index (χ3n) is 6.35. The summed E-state index contributed by atoms with van der Waals surface area (Å²) in [6.45, 7) is 9.00. The molecule has 1 aliphatic rings. The average molecular weight is 555 g/mol. The lowest BCUT2D eigenvalue weighted by Gasteiger charge is -2.13. The van der Waals surface area contributed by atoms with Gasteiger partial charge in [-0.15, -0.1) is 0 Å². The van der Waals surface area contributed by atoms with Gasteiger partial charge in [0.05, 0.1) is 29.0 Å². The number of benzene rings is 2.